The predicted molar refractivity (Wildman–Crippen MR) is 432 cm³/mol. The smallest absolute Gasteiger partial charge is 0.220 e. The maximum Gasteiger partial charge on any atom is 0.220 e. The zero-order chi connectivity index (χ0) is 74.5. The van der Waals surface area contributed by atoms with Crippen LogP contribution in [0.5, 0.6) is 11.5 Å². The summed E-state index contributed by atoms with van der Waals surface area (Å²) < 4.78 is 68.8. The molecule has 9 atom stereocenters. The van der Waals surface area contributed by atoms with Crippen molar-refractivity contribution in [2.75, 3.05) is 40.5 Å². The molecule has 0 bridgehead atoms. The second kappa shape index (κ2) is 55.4. The SMILES string of the molecule is CCCCCCCCCCCCCC[C@@H](OCc1ccc(OC)cc1)[C@@H](OCc1ccc(OC)cc1)[C@H](CO[C@H]1O[C@H](COCc2ccccc2)[C@H](OCc2ccccc2)[C@H](OCc2ccccc2)[C@H]1OCc1ccccc1)NC(=O)CCCCCCC(C)N(CCCCCCCC)CCCCCCCC. The second-order valence-electron chi connectivity index (χ2n) is 29.7. The number of hydrogen-bond acceptors (Lipinski definition) is 12. The monoisotopic (exact) mass is 1460 g/mol. The van der Waals surface area contributed by atoms with E-state index in [9.17, 15) is 0 Å². The van der Waals surface area contributed by atoms with Gasteiger partial charge in [0.1, 0.15) is 42.0 Å². The van der Waals surface area contributed by atoms with Gasteiger partial charge in [-0.05, 0) is 110 Å². The highest BCUT2D eigenvalue weighted by Crippen LogP contribution is 2.34. The summed E-state index contributed by atoms with van der Waals surface area (Å²) in [6.45, 7) is 13.6. The summed E-state index contributed by atoms with van der Waals surface area (Å²) in [6, 6.07) is 56.7. The van der Waals surface area contributed by atoms with Crippen molar-refractivity contribution in [2.45, 2.75) is 321 Å². The van der Waals surface area contributed by atoms with Gasteiger partial charge in [-0.3, -0.25) is 4.79 Å². The van der Waals surface area contributed by atoms with Crippen molar-refractivity contribution in [3.8, 4) is 11.5 Å². The van der Waals surface area contributed by atoms with Gasteiger partial charge in [-0.1, -0.05) is 327 Å². The normalized spacial score (nSPS) is 17.1. The Morgan fingerprint density at radius 3 is 1.25 bits per heavy atom. The van der Waals surface area contributed by atoms with Gasteiger partial charge in [0.2, 0.25) is 5.91 Å². The molecule has 586 valence electrons. The molecule has 0 saturated carbocycles. The Hall–Kier alpha value is -5.97. The molecule has 1 aliphatic rings. The molecule has 13 heteroatoms. The van der Waals surface area contributed by atoms with Gasteiger partial charge in [0.15, 0.2) is 6.29 Å². The van der Waals surface area contributed by atoms with Crippen LogP contribution in [0.4, 0.5) is 0 Å². The molecule has 13 nitrogen and oxygen atoms in total. The van der Waals surface area contributed by atoms with E-state index in [1.807, 2.05) is 109 Å². The van der Waals surface area contributed by atoms with Crippen molar-refractivity contribution in [3.05, 3.63) is 203 Å². The van der Waals surface area contributed by atoms with Crippen molar-refractivity contribution < 1.29 is 52.2 Å². The fourth-order valence-electron chi connectivity index (χ4n) is 14.4. The van der Waals surface area contributed by atoms with E-state index < -0.39 is 49.0 Å². The summed E-state index contributed by atoms with van der Waals surface area (Å²) in [4.78, 5) is 18.0. The Morgan fingerprint density at radius 1 is 0.406 bits per heavy atom. The van der Waals surface area contributed by atoms with Gasteiger partial charge in [0, 0.05) is 12.5 Å². The maximum atomic E-state index is 15.2. The Kier molecular flexibility index (Phi) is 45.6. The molecule has 106 heavy (non-hydrogen) atoms. The van der Waals surface area contributed by atoms with Crippen LogP contribution in [0, 0.1) is 0 Å². The molecule has 1 fully saturated rings. The van der Waals surface area contributed by atoms with E-state index >= 15 is 4.79 Å². The van der Waals surface area contributed by atoms with Crippen LogP contribution in [0.1, 0.15) is 260 Å². The molecular formula is C93H138N2O11. The maximum absolute atomic E-state index is 15.2. The summed E-state index contributed by atoms with van der Waals surface area (Å²) in [6.07, 6.45) is 31.6. The number of rotatable bonds is 62. The molecular weight excluding hydrogens is 1320 g/mol. The molecule has 6 aromatic carbocycles. The number of nitrogens with one attached hydrogen (secondary N) is 1. The average Bonchev–Trinajstić information content (AvgIpc) is 0.785. The number of hydrogen-bond donors (Lipinski definition) is 1. The van der Waals surface area contributed by atoms with Crippen molar-refractivity contribution in [1.82, 2.24) is 10.2 Å². The lowest BCUT2D eigenvalue weighted by Crippen LogP contribution is -2.62. The van der Waals surface area contributed by atoms with Crippen LogP contribution in [0.15, 0.2) is 170 Å². The molecule has 0 aromatic heterocycles. The lowest BCUT2D eigenvalue weighted by molar-refractivity contribution is -0.330. The number of nitrogens with zero attached hydrogens (tertiary/aromatic N) is 1. The molecule has 1 unspecified atom stereocenters. The van der Waals surface area contributed by atoms with E-state index in [1.54, 1.807) is 14.2 Å². The lowest BCUT2D eigenvalue weighted by atomic mass is 9.97. The minimum Gasteiger partial charge on any atom is -0.497 e. The van der Waals surface area contributed by atoms with E-state index in [-0.39, 0.29) is 38.9 Å². The van der Waals surface area contributed by atoms with Crippen LogP contribution in [0.2, 0.25) is 0 Å². The number of ether oxygens (including phenoxy) is 10. The fourth-order valence-corrected chi connectivity index (χ4v) is 14.4. The van der Waals surface area contributed by atoms with Crippen LogP contribution >= 0.6 is 0 Å². The minimum absolute atomic E-state index is 0.0138. The van der Waals surface area contributed by atoms with Gasteiger partial charge in [-0.25, -0.2) is 0 Å². The number of carbonyl (C=O) groups is 1. The Labute approximate surface area is 641 Å². The Morgan fingerprint density at radius 2 is 0.792 bits per heavy atom. The number of amides is 1. The largest absolute Gasteiger partial charge is 0.497 e. The summed E-state index contributed by atoms with van der Waals surface area (Å²) in [5.74, 6) is 1.48. The average molecular weight is 1460 g/mol. The first-order valence-electron chi connectivity index (χ1n) is 41.6. The topological polar surface area (TPSA) is 125 Å². The number of unbranched alkanes of at least 4 members (excludes halogenated alkanes) is 24. The third kappa shape index (κ3) is 35.6. The van der Waals surface area contributed by atoms with E-state index in [1.165, 1.54) is 154 Å². The third-order valence-electron chi connectivity index (χ3n) is 21.0. The van der Waals surface area contributed by atoms with Crippen LogP contribution < -0.4 is 14.8 Å². The summed E-state index contributed by atoms with van der Waals surface area (Å²) in [7, 11) is 3.37. The molecule has 7 rings (SSSR count). The van der Waals surface area contributed by atoms with Gasteiger partial charge in [-0.2, -0.15) is 0 Å². The highest BCUT2D eigenvalue weighted by atomic mass is 16.7. The lowest BCUT2D eigenvalue weighted by Gasteiger charge is -2.46. The van der Waals surface area contributed by atoms with Gasteiger partial charge in [-0.15, -0.1) is 0 Å². The molecule has 0 radical (unpaired) electrons. The van der Waals surface area contributed by atoms with Crippen molar-refractivity contribution in [1.29, 1.82) is 0 Å². The summed E-state index contributed by atoms with van der Waals surface area (Å²) in [5.41, 5.74) is 5.99. The summed E-state index contributed by atoms with van der Waals surface area (Å²) in [5, 5.41) is 3.60. The highest BCUT2D eigenvalue weighted by molar-refractivity contribution is 5.76. The van der Waals surface area contributed by atoms with E-state index in [2.05, 4.69) is 98.6 Å². The van der Waals surface area contributed by atoms with E-state index in [0.29, 0.717) is 38.7 Å². The van der Waals surface area contributed by atoms with E-state index in [4.69, 9.17) is 47.4 Å². The Bertz CT molecular complexity index is 3040. The Balaban J connectivity index is 1.20. The van der Waals surface area contributed by atoms with Crippen LogP contribution in [0.3, 0.4) is 0 Å². The molecule has 1 N–H and O–H groups in total. The van der Waals surface area contributed by atoms with Gasteiger partial charge < -0.3 is 57.6 Å². The van der Waals surface area contributed by atoms with E-state index in [0.717, 1.165) is 89.8 Å². The molecule has 0 spiro atoms. The number of methoxy groups -OCH3 is 2. The molecule has 1 saturated heterocycles. The van der Waals surface area contributed by atoms with Crippen LogP contribution in [0.25, 0.3) is 0 Å². The highest BCUT2D eigenvalue weighted by Gasteiger charge is 2.50. The molecule has 0 aliphatic carbocycles. The standard InChI is InChI=1S/C93H138N2O11/c1-7-10-13-16-19-20-21-22-23-24-25-43-56-86(100-69-81-58-62-83(97-5)63-59-81)89(101-73-82-60-64-84(98-6)65-61-82)85(94-88(96)57-44-27-26-34-47-76(4)95(66-45-28-17-14-11-8-2)67-46-29-18-15-12-9-3)74-105-93-92(104-72-80-54-41-33-42-55-80)91(103-71-79-52-39-32-40-53-79)90(102-70-78-50-37-31-38-51-78)87(106-93)75-99-68-77-48-35-30-36-49-77/h30-33,35-42,48-55,58-65,76,85-87,89-93H,7-29,34,43-47,56-57,66-75H2,1-6H3,(H,94,96)/t76?,85-,86+,87+,89-,90-,91-,92+,93-/m0/s1. The molecule has 1 heterocycles. The first kappa shape index (κ1) is 87.3. The van der Waals surface area contributed by atoms with Crippen LogP contribution in [-0.2, 0) is 82.3 Å². The van der Waals surface area contributed by atoms with Gasteiger partial charge in [0.05, 0.1) is 79.2 Å². The molecule has 1 aliphatic heterocycles. The predicted octanol–water partition coefficient (Wildman–Crippen LogP) is 22.2. The zero-order valence-corrected chi connectivity index (χ0v) is 66.3. The first-order valence-corrected chi connectivity index (χ1v) is 41.6. The second-order valence-corrected chi connectivity index (χ2v) is 29.7. The summed E-state index contributed by atoms with van der Waals surface area (Å²) >= 11 is 0. The van der Waals surface area contributed by atoms with Crippen LogP contribution in [-0.4, -0.2) is 106 Å². The quantitative estimate of drug-likeness (QED) is 0.0366. The fraction of sp³-hybridized carbons (Fsp3) is 0.602. The number of benzene rings is 6. The van der Waals surface area contributed by atoms with Gasteiger partial charge >= 0.3 is 0 Å². The van der Waals surface area contributed by atoms with Gasteiger partial charge in [0.25, 0.3) is 0 Å². The van der Waals surface area contributed by atoms with Crippen molar-refractivity contribution in [2.24, 2.45) is 0 Å². The third-order valence-corrected chi connectivity index (χ3v) is 21.0. The van der Waals surface area contributed by atoms with Crippen molar-refractivity contribution >= 4 is 5.91 Å². The zero-order valence-electron chi connectivity index (χ0n) is 66.3. The molecule has 6 aromatic rings. The first-order chi connectivity index (χ1) is 52.3. The number of carbonyl (C=O) groups excluding carboxylic acids is 1. The molecule has 1 amide bonds. The minimum atomic E-state index is -1.04. The van der Waals surface area contributed by atoms with Crippen molar-refractivity contribution in [3.63, 3.8) is 0 Å².